The Bertz CT molecular complexity index is 1040. The molecule has 0 bridgehead atoms. The molecule has 0 spiro atoms. The van der Waals surface area contributed by atoms with Crippen molar-refractivity contribution in [3.63, 3.8) is 0 Å². The number of nitrogens with zero attached hydrogens (tertiary/aromatic N) is 5. The van der Waals surface area contributed by atoms with Gasteiger partial charge < -0.3 is 20.1 Å². The lowest BCUT2D eigenvalue weighted by Gasteiger charge is -2.36. The van der Waals surface area contributed by atoms with Gasteiger partial charge in [-0.25, -0.2) is 15.0 Å². The smallest absolute Gasteiger partial charge is 0.166 e. The summed E-state index contributed by atoms with van der Waals surface area (Å²) in [6.45, 7) is 8.85. The molecule has 2 fully saturated rings. The van der Waals surface area contributed by atoms with Gasteiger partial charge in [0.25, 0.3) is 0 Å². The molecule has 2 aromatic heterocycles. The molecule has 2 N–H and O–H groups in total. The minimum atomic E-state index is 0.318. The normalized spacial score (nSPS) is 20.2. The van der Waals surface area contributed by atoms with Crippen molar-refractivity contribution in [1.29, 1.82) is 0 Å². The van der Waals surface area contributed by atoms with Gasteiger partial charge in [0.15, 0.2) is 17.0 Å². The van der Waals surface area contributed by atoms with Crippen molar-refractivity contribution in [3.05, 3.63) is 35.1 Å². The Hall–Kier alpha value is -2.22. The van der Waals surface area contributed by atoms with Gasteiger partial charge in [0, 0.05) is 44.3 Å². The van der Waals surface area contributed by atoms with E-state index in [0.717, 1.165) is 73.3 Å². The predicted octanol–water partition coefficient (Wildman–Crippen LogP) is 2.79. The van der Waals surface area contributed by atoms with Crippen molar-refractivity contribution >= 4 is 28.6 Å². The quantitative estimate of drug-likeness (QED) is 0.688. The fraction of sp³-hybridized carbons (Fsp3) is 0.476. The van der Waals surface area contributed by atoms with Crippen LogP contribution in [-0.4, -0.2) is 58.3 Å². The number of benzene rings is 1. The zero-order valence-corrected chi connectivity index (χ0v) is 17.6. The van der Waals surface area contributed by atoms with Crippen LogP contribution < -0.4 is 15.5 Å². The number of aromatic nitrogens is 4. The number of rotatable bonds is 4. The minimum Gasteiger partial charge on any atom is -0.349 e. The van der Waals surface area contributed by atoms with E-state index in [2.05, 4.69) is 27.0 Å². The van der Waals surface area contributed by atoms with Crippen LogP contribution >= 0.6 is 11.6 Å². The van der Waals surface area contributed by atoms with Gasteiger partial charge in [0.05, 0.1) is 11.1 Å². The molecular formula is C21H26ClN7. The van der Waals surface area contributed by atoms with Crippen LogP contribution in [0.15, 0.2) is 24.3 Å². The highest BCUT2D eigenvalue weighted by molar-refractivity contribution is 6.33. The van der Waals surface area contributed by atoms with Gasteiger partial charge in [-0.15, -0.1) is 0 Å². The molecular weight excluding hydrogens is 386 g/mol. The number of nitrogens with one attached hydrogen (secondary N) is 2. The Morgan fingerprint density at radius 3 is 2.66 bits per heavy atom. The van der Waals surface area contributed by atoms with Crippen LogP contribution in [0.4, 0.5) is 5.82 Å². The lowest BCUT2D eigenvalue weighted by atomic mass is 10.1. The predicted molar refractivity (Wildman–Crippen MR) is 117 cm³/mol. The number of anilines is 1. The highest BCUT2D eigenvalue weighted by Crippen LogP contribution is 2.36. The van der Waals surface area contributed by atoms with Crippen molar-refractivity contribution in [1.82, 2.24) is 30.2 Å². The van der Waals surface area contributed by atoms with Gasteiger partial charge in [-0.2, -0.15) is 0 Å². The second kappa shape index (κ2) is 7.55. The average molecular weight is 412 g/mol. The lowest BCUT2D eigenvalue weighted by molar-refractivity contribution is 0.352. The Morgan fingerprint density at radius 2 is 1.93 bits per heavy atom. The number of fused-ring (bicyclic) bond motifs is 1. The van der Waals surface area contributed by atoms with Gasteiger partial charge in [-0.05, 0) is 25.5 Å². The van der Waals surface area contributed by atoms with E-state index in [0.29, 0.717) is 17.1 Å². The Balaban J connectivity index is 1.75. The van der Waals surface area contributed by atoms with Gasteiger partial charge in [-0.3, -0.25) is 0 Å². The van der Waals surface area contributed by atoms with Crippen LogP contribution in [0, 0.1) is 6.92 Å². The summed E-state index contributed by atoms with van der Waals surface area (Å²) in [5.74, 6) is 2.60. The molecule has 29 heavy (non-hydrogen) atoms. The van der Waals surface area contributed by atoms with E-state index in [1.807, 2.05) is 31.2 Å². The Labute approximate surface area is 175 Å². The second-order valence-corrected chi connectivity index (χ2v) is 8.23. The number of aryl methyl sites for hydroxylation is 1. The summed E-state index contributed by atoms with van der Waals surface area (Å²) in [5.41, 5.74) is 2.72. The summed E-state index contributed by atoms with van der Waals surface area (Å²) in [6, 6.07) is 8.63. The monoisotopic (exact) mass is 411 g/mol. The third-order valence-corrected chi connectivity index (χ3v) is 6.30. The molecule has 8 heteroatoms. The number of piperazine rings is 1. The van der Waals surface area contributed by atoms with Crippen LogP contribution in [0.2, 0.25) is 5.02 Å². The second-order valence-electron chi connectivity index (χ2n) is 7.82. The maximum absolute atomic E-state index is 6.57. The summed E-state index contributed by atoms with van der Waals surface area (Å²) >= 11 is 6.57. The number of halogens is 1. The summed E-state index contributed by atoms with van der Waals surface area (Å²) in [7, 11) is 0. The van der Waals surface area contributed by atoms with Crippen LogP contribution in [-0.2, 0) is 0 Å². The van der Waals surface area contributed by atoms with E-state index in [9.17, 15) is 0 Å². The van der Waals surface area contributed by atoms with E-state index < -0.39 is 0 Å². The molecule has 2 aliphatic rings. The maximum atomic E-state index is 6.57. The molecule has 152 valence electrons. The molecule has 0 saturated carbocycles. The zero-order chi connectivity index (χ0) is 20.0. The van der Waals surface area contributed by atoms with Crippen molar-refractivity contribution in [2.75, 3.05) is 37.6 Å². The number of hydrogen-bond acceptors (Lipinski definition) is 6. The molecule has 2 saturated heterocycles. The Kier molecular flexibility index (Phi) is 4.89. The first-order valence-corrected chi connectivity index (χ1v) is 10.7. The molecule has 3 aromatic rings. The molecule has 1 unspecified atom stereocenters. The molecule has 0 radical (unpaired) electrons. The van der Waals surface area contributed by atoms with Crippen LogP contribution in [0.3, 0.4) is 0 Å². The third kappa shape index (κ3) is 3.17. The summed E-state index contributed by atoms with van der Waals surface area (Å²) in [4.78, 5) is 17.2. The molecule has 2 aliphatic heterocycles. The van der Waals surface area contributed by atoms with Gasteiger partial charge >= 0.3 is 0 Å². The first kappa shape index (κ1) is 18.8. The number of hydrogen-bond donors (Lipinski definition) is 2. The van der Waals surface area contributed by atoms with E-state index in [1.165, 1.54) is 0 Å². The fourth-order valence-electron chi connectivity index (χ4n) is 4.30. The van der Waals surface area contributed by atoms with Gasteiger partial charge in [-0.1, -0.05) is 30.7 Å². The largest absolute Gasteiger partial charge is 0.349 e. The zero-order valence-electron chi connectivity index (χ0n) is 16.8. The molecule has 5 rings (SSSR count). The molecule has 0 aliphatic carbocycles. The minimum absolute atomic E-state index is 0.318. The molecule has 0 amide bonds. The van der Waals surface area contributed by atoms with Crippen LogP contribution in [0.1, 0.15) is 25.2 Å². The van der Waals surface area contributed by atoms with Gasteiger partial charge in [0.1, 0.15) is 11.6 Å². The standard InChI is InChI=1S/C21H26ClN7/c1-3-14-10-23-8-9-28(14)20-18-21(26-13(2)25-20)29(15-11-24-12-15)19(27-18)16-6-4-5-7-17(16)22/h4-7,14-15,23-24H,3,8-12H2,1-2H3. The van der Waals surface area contributed by atoms with Crippen LogP contribution in [0.5, 0.6) is 0 Å². The summed E-state index contributed by atoms with van der Waals surface area (Å²) in [5, 5.41) is 7.58. The maximum Gasteiger partial charge on any atom is 0.166 e. The summed E-state index contributed by atoms with van der Waals surface area (Å²) in [6.07, 6.45) is 1.06. The van der Waals surface area contributed by atoms with E-state index >= 15 is 0 Å². The first-order chi connectivity index (χ1) is 14.2. The van der Waals surface area contributed by atoms with Crippen LogP contribution in [0.25, 0.3) is 22.6 Å². The fourth-order valence-corrected chi connectivity index (χ4v) is 4.52. The molecule has 1 aromatic carbocycles. The average Bonchev–Trinajstić information content (AvgIpc) is 3.05. The van der Waals surface area contributed by atoms with E-state index in [1.54, 1.807) is 0 Å². The first-order valence-electron chi connectivity index (χ1n) is 10.4. The van der Waals surface area contributed by atoms with Gasteiger partial charge in [0.2, 0.25) is 0 Å². The SMILES string of the molecule is CCC1CNCCN1c1nc(C)nc2c1nc(-c1ccccc1Cl)n2C1CNC1. The highest BCUT2D eigenvalue weighted by Gasteiger charge is 2.31. The number of imidazole rings is 1. The topological polar surface area (TPSA) is 70.9 Å². The Morgan fingerprint density at radius 1 is 1.10 bits per heavy atom. The highest BCUT2D eigenvalue weighted by atomic mass is 35.5. The third-order valence-electron chi connectivity index (χ3n) is 5.97. The summed E-state index contributed by atoms with van der Waals surface area (Å²) < 4.78 is 2.26. The van der Waals surface area contributed by atoms with E-state index in [-0.39, 0.29) is 0 Å². The van der Waals surface area contributed by atoms with Crippen molar-refractivity contribution in [3.8, 4) is 11.4 Å². The van der Waals surface area contributed by atoms with Crippen molar-refractivity contribution in [2.24, 2.45) is 0 Å². The van der Waals surface area contributed by atoms with Crippen molar-refractivity contribution in [2.45, 2.75) is 32.4 Å². The molecule has 1 atom stereocenters. The van der Waals surface area contributed by atoms with Crippen molar-refractivity contribution < 1.29 is 0 Å². The van der Waals surface area contributed by atoms with E-state index in [4.69, 9.17) is 26.6 Å². The lowest BCUT2D eigenvalue weighted by Crippen LogP contribution is -2.51. The molecule has 4 heterocycles. The molecule has 7 nitrogen and oxygen atoms in total.